The maximum Gasteiger partial charge on any atom is 0.220 e. The second-order valence-electron chi connectivity index (χ2n) is 6.87. The van der Waals surface area contributed by atoms with Crippen molar-refractivity contribution < 1.29 is 4.79 Å². The van der Waals surface area contributed by atoms with E-state index in [4.69, 9.17) is 0 Å². The van der Waals surface area contributed by atoms with E-state index < -0.39 is 0 Å². The van der Waals surface area contributed by atoms with Gasteiger partial charge in [0, 0.05) is 18.5 Å². The van der Waals surface area contributed by atoms with Gasteiger partial charge in [-0.15, -0.1) is 10.2 Å². The molecule has 1 unspecified atom stereocenters. The number of aromatic nitrogens is 4. The predicted octanol–water partition coefficient (Wildman–Crippen LogP) is 2.54. The molecule has 2 aromatic carbocycles. The molecule has 0 saturated carbocycles. The van der Waals surface area contributed by atoms with E-state index in [0.717, 1.165) is 5.56 Å². The SMILES string of the molecule is CN(C)C(CNC(=O)CCCn1nnc(-c2ccccc2)n1)c1ccccc1. The van der Waals surface area contributed by atoms with E-state index in [1.54, 1.807) is 4.80 Å². The molecule has 146 valence electrons. The Morgan fingerprint density at radius 1 is 1.07 bits per heavy atom. The first-order valence-electron chi connectivity index (χ1n) is 9.45. The van der Waals surface area contributed by atoms with Crippen molar-refractivity contribution in [2.45, 2.75) is 25.4 Å². The third-order valence-electron chi connectivity index (χ3n) is 4.55. The molecule has 7 nitrogen and oxygen atoms in total. The van der Waals surface area contributed by atoms with Gasteiger partial charge in [-0.1, -0.05) is 60.7 Å². The summed E-state index contributed by atoms with van der Waals surface area (Å²) in [6.07, 6.45) is 1.09. The molecule has 0 aliphatic heterocycles. The van der Waals surface area contributed by atoms with Gasteiger partial charge in [-0.3, -0.25) is 4.79 Å². The number of tetrazole rings is 1. The molecule has 0 aliphatic rings. The van der Waals surface area contributed by atoms with Crippen LogP contribution in [-0.2, 0) is 11.3 Å². The fraction of sp³-hybridized carbons (Fsp3) is 0.333. The van der Waals surface area contributed by atoms with Gasteiger partial charge in [-0.05, 0) is 31.3 Å². The number of nitrogens with one attached hydrogen (secondary N) is 1. The smallest absolute Gasteiger partial charge is 0.220 e. The zero-order valence-corrected chi connectivity index (χ0v) is 16.3. The molecule has 3 aromatic rings. The van der Waals surface area contributed by atoms with Crippen LogP contribution < -0.4 is 5.32 Å². The van der Waals surface area contributed by atoms with Gasteiger partial charge in [0.15, 0.2) is 0 Å². The number of aryl methyl sites for hydroxylation is 1. The van der Waals surface area contributed by atoms with Crippen LogP contribution in [0.3, 0.4) is 0 Å². The highest BCUT2D eigenvalue weighted by Gasteiger charge is 2.15. The fourth-order valence-corrected chi connectivity index (χ4v) is 2.99. The third-order valence-corrected chi connectivity index (χ3v) is 4.55. The number of benzene rings is 2. The largest absolute Gasteiger partial charge is 0.354 e. The Hall–Kier alpha value is -3.06. The lowest BCUT2D eigenvalue weighted by Crippen LogP contribution is -2.34. The molecule has 0 bridgehead atoms. The number of amides is 1. The maximum atomic E-state index is 12.2. The molecule has 28 heavy (non-hydrogen) atoms. The molecule has 3 rings (SSSR count). The molecule has 0 spiro atoms. The Morgan fingerprint density at radius 3 is 2.43 bits per heavy atom. The number of rotatable bonds is 9. The van der Waals surface area contributed by atoms with E-state index in [1.807, 2.05) is 62.6 Å². The number of hydrogen-bond donors (Lipinski definition) is 1. The van der Waals surface area contributed by atoms with Gasteiger partial charge in [-0.2, -0.15) is 4.80 Å². The summed E-state index contributed by atoms with van der Waals surface area (Å²) in [6, 6.07) is 20.1. The summed E-state index contributed by atoms with van der Waals surface area (Å²) in [6.45, 7) is 1.14. The first kappa shape index (κ1) is 19.7. The van der Waals surface area contributed by atoms with Crippen LogP contribution in [0.2, 0.25) is 0 Å². The molecule has 0 fully saturated rings. The minimum absolute atomic E-state index is 0.0335. The Kier molecular flexibility index (Phi) is 6.86. The van der Waals surface area contributed by atoms with Crippen LogP contribution in [0, 0.1) is 0 Å². The van der Waals surface area contributed by atoms with E-state index >= 15 is 0 Å². The molecule has 1 heterocycles. The van der Waals surface area contributed by atoms with Crippen molar-refractivity contribution in [2.24, 2.45) is 0 Å². The first-order valence-corrected chi connectivity index (χ1v) is 9.45. The summed E-state index contributed by atoms with van der Waals surface area (Å²) >= 11 is 0. The topological polar surface area (TPSA) is 75.9 Å². The van der Waals surface area contributed by atoms with Gasteiger partial charge in [0.2, 0.25) is 11.7 Å². The fourth-order valence-electron chi connectivity index (χ4n) is 2.99. The molecule has 0 radical (unpaired) electrons. The monoisotopic (exact) mass is 378 g/mol. The highest BCUT2D eigenvalue weighted by Crippen LogP contribution is 2.16. The highest BCUT2D eigenvalue weighted by atomic mass is 16.1. The predicted molar refractivity (Wildman–Crippen MR) is 108 cm³/mol. The number of likely N-dealkylation sites (N-methyl/N-ethyl adjacent to an activating group) is 1. The Bertz CT molecular complexity index is 863. The average molecular weight is 378 g/mol. The molecule has 0 saturated heterocycles. The van der Waals surface area contributed by atoms with Gasteiger partial charge in [0.05, 0.1) is 12.6 Å². The molecule has 1 aromatic heterocycles. The minimum Gasteiger partial charge on any atom is -0.354 e. The number of nitrogens with zero attached hydrogens (tertiary/aromatic N) is 5. The lowest BCUT2D eigenvalue weighted by molar-refractivity contribution is -0.121. The van der Waals surface area contributed by atoms with Crippen LogP contribution in [0.1, 0.15) is 24.4 Å². The van der Waals surface area contributed by atoms with Crippen molar-refractivity contribution in [3.05, 3.63) is 66.2 Å². The molecule has 1 N–H and O–H groups in total. The van der Waals surface area contributed by atoms with Gasteiger partial charge in [-0.25, -0.2) is 0 Å². The minimum atomic E-state index is 0.0335. The van der Waals surface area contributed by atoms with Crippen LogP contribution in [0.5, 0.6) is 0 Å². The van der Waals surface area contributed by atoms with E-state index in [-0.39, 0.29) is 11.9 Å². The molecule has 7 heteroatoms. The lowest BCUT2D eigenvalue weighted by Gasteiger charge is -2.25. The maximum absolute atomic E-state index is 12.2. The first-order chi connectivity index (χ1) is 13.6. The van der Waals surface area contributed by atoms with Crippen LogP contribution in [0.15, 0.2) is 60.7 Å². The summed E-state index contributed by atoms with van der Waals surface area (Å²) in [7, 11) is 4.04. The van der Waals surface area contributed by atoms with Crippen molar-refractivity contribution in [1.82, 2.24) is 30.4 Å². The van der Waals surface area contributed by atoms with Crippen LogP contribution in [-0.4, -0.2) is 51.7 Å². The zero-order valence-electron chi connectivity index (χ0n) is 16.3. The average Bonchev–Trinajstić information content (AvgIpc) is 3.18. The summed E-state index contributed by atoms with van der Waals surface area (Å²) in [4.78, 5) is 15.9. The summed E-state index contributed by atoms with van der Waals surface area (Å²) in [5.74, 6) is 0.632. The number of carbonyl (C=O) groups is 1. The van der Waals surface area contributed by atoms with Gasteiger partial charge >= 0.3 is 0 Å². The molecular formula is C21H26N6O. The molecule has 1 atom stereocenters. The van der Waals surface area contributed by atoms with Gasteiger partial charge < -0.3 is 10.2 Å². The van der Waals surface area contributed by atoms with E-state index in [2.05, 4.69) is 37.8 Å². The number of carbonyl (C=O) groups excluding carboxylic acids is 1. The van der Waals surface area contributed by atoms with Crippen molar-refractivity contribution >= 4 is 5.91 Å². The van der Waals surface area contributed by atoms with Gasteiger partial charge in [0.1, 0.15) is 0 Å². The Labute approximate surface area is 165 Å². The van der Waals surface area contributed by atoms with E-state index in [0.29, 0.717) is 31.8 Å². The number of hydrogen-bond acceptors (Lipinski definition) is 5. The molecule has 1 amide bonds. The van der Waals surface area contributed by atoms with Crippen LogP contribution in [0.4, 0.5) is 0 Å². The second-order valence-corrected chi connectivity index (χ2v) is 6.87. The Morgan fingerprint density at radius 2 is 1.75 bits per heavy atom. The van der Waals surface area contributed by atoms with Crippen molar-refractivity contribution in [1.29, 1.82) is 0 Å². The molecule has 0 aliphatic carbocycles. The normalized spacial score (nSPS) is 12.1. The van der Waals surface area contributed by atoms with Crippen molar-refractivity contribution in [3.63, 3.8) is 0 Å². The van der Waals surface area contributed by atoms with Crippen molar-refractivity contribution in [2.75, 3.05) is 20.6 Å². The zero-order chi connectivity index (χ0) is 19.8. The van der Waals surface area contributed by atoms with E-state index in [9.17, 15) is 4.79 Å². The summed E-state index contributed by atoms with van der Waals surface area (Å²) in [5.41, 5.74) is 2.12. The van der Waals surface area contributed by atoms with E-state index in [1.165, 1.54) is 5.56 Å². The van der Waals surface area contributed by atoms with Crippen LogP contribution in [0.25, 0.3) is 11.4 Å². The lowest BCUT2D eigenvalue weighted by atomic mass is 10.1. The van der Waals surface area contributed by atoms with Crippen LogP contribution >= 0.6 is 0 Å². The summed E-state index contributed by atoms with van der Waals surface area (Å²) in [5, 5.41) is 15.5. The van der Waals surface area contributed by atoms with Crippen molar-refractivity contribution in [3.8, 4) is 11.4 Å². The Balaban J connectivity index is 1.44. The standard InChI is InChI=1S/C21H26N6O/c1-26(2)19(17-10-5-3-6-11-17)16-22-20(28)14-9-15-27-24-21(23-25-27)18-12-7-4-8-13-18/h3-8,10-13,19H,9,14-16H2,1-2H3,(H,22,28). The molecular weight excluding hydrogens is 352 g/mol. The quantitative estimate of drug-likeness (QED) is 0.619. The highest BCUT2D eigenvalue weighted by molar-refractivity contribution is 5.75. The second kappa shape index (κ2) is 9.75. The van der Waals surface area contributed by atoms with Gasteiger partial charge in [0.25, 0.3) is 0 Å². The third kappa shape index (κ3) is 5.47. The summed E-state index contributed by atoms with van der Waals surface area (Å²) < 4.78 is 0.